The van der Waals surface area contributed by atoms with E-state index in [0.29, 0.717) is 0 Å². The fourth-order valence-corrected chi connectivity index (χ4v) is 2.92. The highest BCUT2D eigenvalue weighted by molar-refractivity contribution is 5.81. The zero-order chi connectivity index (χ0) is 12.6. The van der Waals surface area contributed by atoms with E-state index in [1.54, 1.807) is 0 Å². The van der Waals surface area contributed by atoms with E-state index in [4.69, 9.17) is 0 Å². The van der Waals surface area contributed by atoms with Crippen LogP contribution in [0.25, 0.3) is 10.9 Å². The van der Waals surface area contributed by atoms with Crippen LogP contribution in [0, 0.1) is 0 Å². The first kappa shape index (κ1) is 11.8. The van der Waals surface area contributed by atoms with Crippen LogP contribution in [0.1, 0.15) is 18.5 Å². The molecule has 1 aliphatic heterocycles. The van der Waals surface area contributed by atoms with Crippen LogP contribution in [-0.2, 0) is 13.5 Å². The number of para-hydroxylation sites is 1. The molecule has 0 saturated carbocycles. The molecule has 1 fully saturated rings. The van der Waals surface area contributed by atoms with Gasteiger partial charge in [0.05, 0.1) is 5.60 Å². The Hall–Kier alpha value is -1.32. The maximum atomic E-state index is 10.6. The lowest BCUT2D eigenvalue weighted by molar-refractivity contribution is 0.00955. The van der Waals surface area contributed by atoms with Gasteiger partial charge < -0.3 is 15.0 Å². The molecule has 1 aromatic heterocycles. The molecule has 0 aliphatic carbocycles. The van der Waals surface area contributed by atoms with E-state index in [9.17, 15) is 5.11 Å². The van der Waals surface area contributed by atoms with Crippen molar-refractivity contribution in [3.05, 3.63) is 36.0 Å². The molecule has 3 rings (SSSR count). The molecule has 0 unspecified atom stereocenters. The number of rotatable bonds is 2. The second kappa shape index (κ2) is 4.41. The van der Waals surface area contributed by atoms with Crippen molar-refractivity contribution in [2.24, 2.45) is 7.05 Å². The van der Waals surface area contributed by atoms with E-state index < -0.39 is 5.60 Å². The van der Waals surface area contributed by atoms with E-state index in [-0.39, 0.29) is 0 Å². The van der Waals surface area contributed by atoms with Gasteiger partial charge in [0.1, 0.15) is 0 Å². The molecule has 96 valence electrons. The van der Waals surface area contributed by atoms with Gasteiger partial charge in [-0.2, -0.15) is 0 Å². The first-order chi connectivity index (χ1) is 8.68. The lowest BCUT2D eigenvalue weighted by Crippen LogP contribution is -2.43. The molecule has 3 nitrogen and oxygen atoms in total. The molecule has 1 aromatic carbocycles. The van der Waals surface area contributed by atoms with Crippen LogP contribution in [0.3, 0.4) is 0 Å². The summed E-state index contributed by atoms with van der Waals surface area (Å²) in [7, 11) is 2.09. The number of hydrogen-bond donors (Lipinski definition) is 2. The average Bonchev–Trinajstić information content (AvgIpc) is 2.67. The Morgan fingerprint density at radius 1 is 1.28 bits per heavy atom. The molecule has 0 bridgehead atoms. The van der Waals surface area contributed by atoms with E-state index in [1.165, 1.54) is 16.6 Å². The van der Waals surface area contributed by atoms with Crippen molar-refractivity contribution in [1.29, 1.82) is 0 Å². The summed E-state index contributed by atoms with van der Waals surface area (Å²) in [6.07, 6.45) is 2.43. The minimum atomic E-state index is -0.534. The Kier molecular flexibility index (Phi) is 2.88. The van der Waals surface area contributed by atoms with E-state index in [0.717, 1.165) is 32.4 Å². The third-order valence-corrected chi connectivity index (χ3v) is 4.10. The summed E-state index contributed by atoms with van der Waals surface area (Å²) < 4.78 is 2.20. The van der Waals surface area contributed by atoms with Gasteiger partial charge in [0.15, 0.2) is 0 Å². The van der Waals surface area contributed by atoms with Crippen molar-refractivity contribution in [3.8, 4) is 0 Å². The number of aliphatic hydroxyl groups is 1. The number of benzene rings is 1. The lowest BCUT2D eigenvalue weighted by atomic mass is 9.88. The summed E-state index contributed by atoms with van der Waals surface area (Å²) in [6, 6.07) is 10.6. The van der Waals surface area contributed by atoms with Gasteiger partial charge in [0.2, 0.25) is 0 Å². The normalized spacial score (nSPS) is 19.2. The van der Waals surface area contributed by atoms with Gasteiger partial charge in [0.25, 0.3) is 0 Å². The quantitative estimate of drug-likeness (QED) is 0.846. The second-order valence-electron chi connectivity index (χ2n) is 5.40. The van der Waals surface area contributed by atoms with Crippen LogP contribution in [0.2, 0.25) is 0 Å². The molecule has 0 atom stereocenters. The van der Waals surface area contributed by atoms with Gasteiger partial charge >= 0.3 is 0 Å². The Bertz CT molecular complexity index is 553. The Morgan fingerprint density at radius 2 is 2.00 bits per heavy atom. The molecule has 1 saturated heterocycles. The van der Waals surface area contributed by atoms with Gasteiger partial charge in [-0.25, -0.2) is 0 Å². The molecular formula is C15H20N2O. The Balaban J connectivity index is 1.92. The first-order valence-corrected chi connectivity index (χ1v) is 6.64. The minimum Gasteiger partial charge on any atom is -0.389 e. The summed E-state index contributed by atoms with van der Waals surface area (Å²) in [4.78, 5) is 0. The molecule has 0 radical (unpaired) electrons. The number of fused-ring (bicyclic) bond motifs is 1. The predicted octanol–water partition coefficient (Wildman–Crippen LogP) is 1.84. The predicted molar refractivity (Wildman–Crippen MR) is 73.7 cm³/mol. The van der Waals surface area contributed by atoms with Gasteiger partial charge in [-0.15, -0.1) is 0 Å². The average molecular weight is 244 g/mol. The summed E-state index contributed by atoms with van der Waals surface area (Å²) in [5.41, 5.74) is 1.93. The molecule has 2 aromatic rings. The number of nitrogens with one attached hydrogen (secondary N) is 1. The maximum Gasteiger partial charge on any atom is 0.0726 e. The lowest BCUT2D eigenvalue weighted by Gasteiger charge is -2.32. The summed E-state index contributed by atoms with van der Waals surface area (Å²) >= 11 is 0. The minimum absolute atomic E-state index is 0.534. The molecule has 3 heteroatoms. The third-order valence-electron chi connectivity index (χ3n) is 4.10. The maximum absolute atomic E-state index is 10.6. The SMILES string of the molecule is Cn1c(CC2(O)CCNCC2)cc2ccccc21. The summed E-state index contributed by atoms with van der Waals surface area (Å²) in [6.45, 7) is 1.83. The standard InChI is InChI=1S/C15H20N2O/c1-17-13(10-12-4-2-3-5-14(12)17)11-15(18)6-8-16-9-7-15/h2-5,10,16,18H,6-9,11H2,1H3. The molecule has 2 N–H and O–H groups in total. The van der Waals surface area contributed by atoms with Crippen LogP contribution >= 0.6 is 0 Å². The van der Waals surface area contributed by atoms with Gasteiger partial charge in [0, 0.05) is 24.7 Å². The first-order valence-electron chi connectivity index (χ1n) is 6.64. The number of piperidine rings is 1. The van der Waals surface area contributed by atoms with E-state index in [2.05, 4.69) is 47.3 Å². The highest BCUT2D eigenvalue weighted by Gasteiger charge is 2.30. The van der Waals surface area contributed by atoms with Crippen molar-refractivity contribution in [1.82, 2.24) is 9.88 Å². The van der Waals surface area contributed by atoms with Gasteiger partial charge in [-0.1, -0.05) is 18.2 Å². The van der Waals surface area contributed by atoms with Crippen molar-refractivity contribution in [2.45, 2.75) is 24.9 Å². The highest BCUT2D eigenvalue weighted by atomic mass is 16.3. The molecule has 0 spiro atoms. The monoisotopic (exact) mass is 244 g/mol. The molecule has 1 aliphatic rings. The number of aryl methyl sites for hydroxylation is 1. The van der Waals surface area contributed by atoms with Crippen LogP contribution in [-0.4, -0.2) is 28.4 Å². The summed E-state index contributed by atoms with van der Waals surface area (Å²) in [5.74, 6) is 0. The highest BCUT2D eigenvalue weighted by Crippen LogP contribution is 2.26. The molecule has 18 heavy (non-hydrogen) atoms. The number of aromatic nitrogens is 1. The fourth-order valence-electron chi connectivity index (χ4n) is 2.92. The van der Waals surface area contributed by atoms with Crippen LogP contribution in [0.15, 0.2) is 30.3 Å². The van der Waals surface area contributed by atoms with Crippen molar-refractivity contribution < 1.29 is 5.11 Å². The van der Waals surface area contributed by atoms with E-state index in [1.807, 2.05) is 0 Å². The Morgan fingerprint density at radius 3 is 2.72 bits per heavy atom. The van der Waals surface area contributed by atoms with E-state index >= 15 is 0 Å². The smallest absolute Gasteiger partial charge is 0.0726 e. The topological polar surface area (TPSA) is 37.2 Å². The molecule has 0 amide bonds. The van der Waals surface area contributed by atoms with Crippen molar-refractivity contribution in [2.75, 3.05) is 13.1 Å². The zero-order valence-electron chi connectivity index (χ0n) is 10.8. The van der Waals surface area contributed by atoms with Gasteiger partial charge in [-0.3, -0.25) is 0 Å². The van der Waals surface area contributed by atoms with Crippen molar-refractivity contribution >= 4 is 10.9 Å². The molecule has 2 heterocycles. The van der Waals surface area contributed by atoms with Crippen LogP contribution < -0.4 is 5.32 Å². The Labute approximate surface area is 107 Å². The summed E-state index contributed by atoms with van der Waals surface area (Å²) in [5, 5.41) is 15.2. The number of hydrogen-bond acceptors (Lipinski definition) is 2. The fraction of sp³-hybridized carbons (Fsp3) is 0.467. The molecular weight excluding hydrogens is 224 g/mol. The third kappa shape index (κ3) is 2.04. The number of nitrogens with zero attached hydrogens (tertiary/aromatic N) is 1. The second-order valence-corrected chi connectivity index (χ2v) is 5.40. The van der Waals surface area contributed by atoms with Crippen LogP contribution in [0.4, 0.5) is 0 Å². The van der Waals surface area contributed by atoms with Crippen LogP contribution in [0.5, 0.6) is 0 Å². The van der Waals surface area contributed by atoms with Gasteiger partial charge in [-0.05, 0) is 43.5 Å². The largest absolute Gasteiger partial charge is 0.389 e. The zero-order valence-corrected chi connectivity index (χ0v) is 10.8. The van der Waals surface area contributed by atoms with Crippen molar-refractivity contribution in [3.63, 3.8) is 0 Å².